The fraction of sp³-hybridized carbons (Fsp3) is 0.571. The first-order valence-corrected chi connectivity index (χ1v) is 5.76. The molecule has 1 aromatic rings. The molecule has 0 amide bonds. The molecule has 2 N–H and O–H groups in total. The first kappa shape index (κ1) is 13.2. The number of hydrogen-bond acceptors (Lipinski definition) is 2. The predicted molar refractivity (Wildman–Crippen MR) is 68.5 cm³/mol. The molecule has 0 heterocycles. The smallest absolute Gasteiger partial charge is 0.0995 e. The maximum atomic E-state index is 10.5. The van der Waals surface area contributed by atoms with Crippen LogP contribution in [0.3, 0.4) is 0 Å². The summed E-state index contributed by atoms with van der Waals surface area (Å²) in [5, 5.41) is 13.8. The summed E-state index contributed by atoms with van der Waals surface area (Å²) in [6, 6.07) is 7.97. The van der Waals surface area contributed by atoms with Gasteiger partial charge < -0.3 is 10.4 Å². The number of β-amino-alcohol motifs (C(OH)–C–C–N with tert-alkyl or cyclic N) is 1. The van der Waals surface area contributed by atoms with E-state index in [-0.39, 0.29) is 5.54 Å². The van der Waals surface area contributed by atoms with Gasteiger partial charge in [-0.2, -0.15) is 0 Å². The SMILES string of the molecule is Cc1ccccc1C(C)(O)CNC(C)(C)C. The third-order valence-corrected chi connectivity index (χ3v) is 2.69. The number of benzene rings is 1. The van der Waals surface area contributed by atoms with Gasteiger partial charge in [-0.1, -0.05) is 24.3 Å². The summed E-state index contributed by atoms with van der Waals surface area (Å²) in [5.74, 6) is 0. The molecule has 1 aromatic carbocycles. The minimum atomic E-state index is -0.821. The van der Waals surface area contributed by atoms with Crippen LogP contribution < -0.4 is 5.32 Å². The molecule has 0 fully saturated rings. The van der Waals surface area contributed by atoms with Crippen molar-refractivity contribution in [3.05, 3.63) is 35.4 Å². The molecular formula is C14H23NO. The molecule has 0 radical (unpaired) electrons. The van der Waals surface area contributed by atoms with E-state index in [0.717, 1.165) is 11.1 Å². The highest BCUT2D eigenvalue weighted by Crippen LogP contribution is 2.23. The van der Waals surface area contributed by atoms with Gasteiger partial charge in [-0.15, -0.1) is 0 Å². The van der Waals surface area contributed by atoms with E-state index >= 15 is 0 Å². The van der Waals surface area contributed by atoms with E-state index in [4.69, 9.17) is 0 Å². The van der Waals surface area contributed by atoms with Crippen molar-refractivity contribution >= 4 is 0 Å². The summed E-state index contributed by atoms with van der Waals surface area (Å²) in [7, 11) is 0. The van der Waals surface area contributed by atoms with Crippen molar-refractivity contribution in [1.29, 1.82) is 0 Å². The monoisotopic (exact) mass is 221 g/mol. The lowest BCUT2D eigenvalue weighted by Gasteiger charge is -2.30. The van der Waals surface area contributed by atoms with Crippen LogP contribution in [-0.2, 0) is 5.60 Å². The van der Waals surface area contributed by atoms with Crippen LogP contribution in [0.5, 0.6) is 0 Å². The van der Waals surface area contributed by atoms with Gasteiger partial charge in [0.05, 0.1) is 5.60 Å². The molecule has 1 rings (SSSR count). The number of rotatable bonds is 3. The van der Waals surface area contributed by atoms with Gasteiger partial charge in [0.2, 0.25) is 0 Å². The van der Waals surface area contributed by atoms with Crippen molar-refractivity contribution in [2.24, 2.45) is 0 Å². The lowest BCUT2D eigenvalue weighted by molar-refractivity contribution is 0.0496. The van der Waals surface area contributed by atoms with Gasteiger partial charge in [0.1, 0.15) is 0 Å². The van der Waals surface area contributed by atoms with E-state index < -0.39 is 5.60 Å². The molecule has 0 saturated heterocycles. The molecule has 2 nitrogen and oxygen atoms in total. The summed E-state index contributed by atoms with van der Waals surface area (Å²) in [6.07, 6.45) is 0. The average Bonchev–Trinajstić information content (AvgIpc) is 2.14. The standard InChI is InChI=1S/C14H23NO/c1-11-8-6-7-9-12(11)14(5,16)10-15-13(2,3)4/h6-9,15-16H,10H2,1-5H3. The molecule has 0 saturated carbocycles. The van der Waals surface area contributed by atoms with Crippen LogP contribution in [0, 0.1) is 6.92 Å². The topological polar surface area (TPSA) is 32.3 Å². The second kappa shape index (κ2) is 4.56. The first-order chi connectivity index (χ1) is 7.22. The Kier molecular flexibility index (Phi) is 3.76. The highest BCUT2D eigenvalue weighted by Gasteiger charge is 2.26. The number of nitrogens with one attached hydrogen (secondary N) is 1. The Labute approximate surface area is 98.7 Å². The summed E-state index contributed by atoms with van der Waals surface area (Å²) in [4.78, 5) is 0. The zero-order valence-electron chi connectivity index (χ0n) is 11.0. The molecule has 16 heavy (non-hydrogen) atoms. The molecule has 0 aliphatic carbocycles. The van der Waals surface area contributed by atoms with Crippen LogP contribution in [0.15, 0.2) is 24.3 Å². The molecule has 1 unspecified atom stereocenters. The quantitative estimate of drug-likeness (QED) is 0.822. The van der Waals surface area contributed by atoms with E-state index in [2.05, 4.69) is 26.1 Å². The fourth-order valence-corrected chi connectivity index (χ4v) is 1.71. The second-order valence-electron chi connectivity index (χ2n) is 5.69. The molecule has 1 atom stereocenters. The first-order valence-electron chi connectivity index (χ1n) is 5.76. The van der Waals surface area contributed by atoms with Crippen molar-refractivity contribution in [2.75, 3.05) is 6.54 Å². The van der Waals surface area contributed by atoms with Gasteiger partial charge in [-0.25, -0.2) is 0 Å². The third kappa shape index (κ3) is 3.62. The highest BCUT2D eigenvalue weighted by molar-refractivity contribution is 5.31. The minimum absolute atomic E-state index is 0.0205. The number of aliphatic hydroxyl groups is 1. The second-order valence-corrected chi connectivity index (χ2v) is 5.69. The van der Waals surface area contributed by atoms with Crippen molar-refractivity contribution in [3.63, 3.8) is 0 Å². The minimum Gasteiger partial charge on any atom is -0.384 e. The molecule has 0 spiro atoms. The Morgan fingerprint density at radius 1 is 1.12 bits per heavy atom. The molecule has 0 aromatic heterocycles. The van der Waals surface area contributed by atoms with Crippen LogP contribution in [0.1, 0.15) is 38.8 Å². The van der Waals surface area contributed by atoms with E-state index in [1.807, 2.05) is 38.1 Å². The van der Waals surface area contributed by atoms with Crippen molar-refractivity contribution in [2.45, 2.75) is 45.8 Å². The lowest BCUT2D eigenvalue weighted by Crippen LogP contribution is -2.45. The lowest BCUT2D eigenvalue weighted by atomic mass is 9.91. The molecule has 0 aliphatic heterocycles. The molecular weight excluding hydrogens is 198 g/mol. The van der Waals surface area contributed by atoms with Gasteiger partial charge in [0.15, 0.2) is 0 Å². The van der Waals surface area contributed by atoms with Gasteiger partial charge >= 0.3 is 0 Å². The van der Waals surface area contributed by atoms with Crippen LogP contribution >= 0.6 is 0 Å². The van der Waals surface area contributed by atoms with Gasteiger partial charge in [-0.3, -0.25) is 0 Å². The maximum Gasteiger partial charge on any atom is 0.0995 e. The molecule has 90 valence electrons. The van der Waals surface area contributed by atoms with E-state index in [1.165, 1.54) is 0 Å². The Hall–Kier alpha value is -0.860. The van der Waals surface area contributed by atoms with E-state index in [1.54, 1.807) is 0 Å². The summed E-state index contributed by atoms with van der Waals surface area (Å²) in [5.41, 5.74) is 1.32. The Morgan fingerprint density at radius 3 is 2.19 bits per heavy atom. The Morgan fingerprint density at radius 2 is 1.69 bits per heavy atom. The zero-order valence-corrected chi connectivity index (χ0v) is 11.0. The van der Waals surface area contributed by atoms with E-state index in [0.29, 0.717) is 6.54 Å². The highest BCUT2D eigenvalue weighted by atomic mass is 16.3. The Balaban J connectivity index is 2.82. The average molecular weight is 221 g/mol. The predicted octanol–water partition coefficient (Wildman–Crippen LogP) is 2.59. The van der Waals surface area contributed by atoms with Gasteiger partial charge in [0.25, 0.3) is 0 Å². The van der Waals surface area contributed by atoms with Crippen LogP contribution in [0.2, 0.25) is 0 Å². The molecule has 0 aliphatic rings. The zero-order chi connectivity index (χ0) is 12.4. The number of hydrogen-bond donors (Lipinski definition) is 2. The van der Waals surface area contributed by atoms with Crippen molar-refractivity contribution in [1.82, 2.24) is 5.32 Å². The van der Waals surface area contributed by atoms with Crippen LogP contribution in [0.25, 0.3) is 0 Å². The maximum absolute atomic E-state index is 10.5. The fourth-order valence-electron chi connectivity index (χ4n) is 1.71. The van der Waals surface area contributed by atoms with Crippen LogP contribution in [0.4, 0.5) is 0 Å². The Bertz CT molecular complexity index is 350. The van der Waals surface area contributed by atoms with E-state index in [9.17, 15) is 5.11 Å². The van der Waals surface area contributed by atoms with Crippen molar-refractivity contribution in [3.8, 4) is 0 Å². The van der Waals surface area contributed by atoms with Crippen molar-refractivity contribution < 1.29 is 5.11 Å². The largest absolute Gasteiger partial charge is 0.384 e. The summed E-state index contributed by atoms with van der Waals surface area (Å²) in [6.45, 7) is 10.7. The summed E-state index contributed by atoms with van der Waals surface area (Å²) >= 11 is 0. The normalized spacial score (nSPS) is 15.9. The number of aryl methyl sites for hydroxylation is 1. The van der Waals surface area contributed by atoms with Gasteiger partial charge in [0, 0.05) is 12.1 Å². The molecule has 2 heteroatoms. The van der Waals surface area contributed by atoms with Crippen LogP contribution in [-0.4, -0.2) is 17.2 Å². The van der Waals surface area contributed by atoms with Gasteiger partial charge in [-0.05, 0) is 45.7 Å². The summed E-state index contributed by atoms with van der Waals surface area (Å²) < 4.78 is 0. The molecule has 0 bridgehead atoms. The third-order valence-electron chi connectivity index (χ3n) is 2.69.